The molecular formula is C13H14Cl2N2O. The number of nitrogens with one attached hydrogen (secondary N) is 1. The zero-order valence-electron chi connectivity index (χ0n) is 9.83. The second-order valence-electron chi connectivity index (χ2n) is 4.26. The second kappa shape index (κ2) is 6.40. The minimum Gasteiger partial charge on any atom is -0.375 e. The smallest absolute Gasteiger partial charge is 0.0786 e. The quantitative estimate of drug-likeness (QED) is 0.908. The molecule has 1 aliphatic rings. The molecule has 0 amide bonds. The van der Waals surface area contributed by atoms with Crippen LogP contribution in [0.2, 0.25) is 10.0 Å². The van der Waals surface area contributed by atoms with Crippen LogP contribution in [0.3, 0.4) is 0 Å². The van der Waals surface area contributed by atoms with Crippen molar-refractivity contribution in [2.75, 3.05) is 19.7 Å². The van der Waals surface area contributed by atoms with Crippen LogP contribution < -0.4 is 5.32 Å². The van der Waals surface area contributed by atoms with E-state index in [2.05, 4.69) is 11.4 Å². The van der Waals surface area contributed by atoms with Crippen LogP contribution in [0.25, 0.3) is 0 Å². The van der Waals surface area contributed by atoms with Crippen LogP contribution in [0.4, 0.5) is 0 Å². The van der Waals surface area contributed by atoms with Gasteiger partial charge in [-0.1, -0.05) is 29.3 Å². The molecule has 5 heteroatoms. The van der Waals surface area contributed by atoms with Gasteiger partial charge in [-0.15, -0.1) is 0 Å². The van der Waals surface area contributed by atoms with Crippen molar-refractivity contribution < 1.29 is 4.74 Å². The highest BCUT2D eigenvalue weighted by Gasteiger charge is 2.26. The van der Waals surface area contributed by atoms with E-state index < -0.39 is 0 Å². The Morgan fingerprint density at radius 2 is 2.22 bits per heavy atom. The van der Waals surface area contributed by atoms with E-state index in [9.17, 15) is 0 Å². The lowest BCUT2D eigenvalue weighted by Crippen LogP contribution is -2.26. The summed E-state index contributed by atoms with van der Waals surface area (Å²) in [5.41, 5.74) is 1.05. The number of nitriles is 1. The van der Waals surface area contributed by atoms with Crippen molar-refractivity contribution in [1.82, 2.24) is 5.32 Å². The number of hydrogen-bond donors (Lipinski definition) is 1. The molecule has 1 fully saturated rings. The van der Waals surface area contributed by atoms with Gasteiger partial charge in [0.05, 0.1) is 35.2 Å². The Labute approximate surface area is 117 Å². The van der Waals surface area contributed by atoms with Gasteiger partial charge in [-0.05, 0) is 17.7 Å². The van der Waals surface area contributed by atoms with Crippen LogP contribution in [0.5, 0.6) is 0 Å². The maximum absolute atomic E-state index is 8.88. The molecule has 0 aromatic heterocycles. The first-order chi connectivity index (χ1) is 8.72. The van der Waals surface area contributed by atoms with Crippen molar-refractivity contribution in [3.05, 3.63) is 33.8 Å². The fourth-order valence-corrected chi connectivity index (χ4v) is 2.46. The number of hydrogen-bond acceptors (Lipinski definition) is 3. The summed E-state index contributed by atoms with van der Waals surface area (Å²) in [6.45, 7) is 2.22. The van der Waals surface area contributed by atoms with E-state index in [1.807, 2.05) is 12.1 Å². The molecule has 0 spiro atoms. The van der Waals surface area contributed by atoms with Gasteiger partial charge in [0, 0.05) is 19.0 Å². The fraction of sp³-hybridized carbons (Fsp3) is 0.462. The van der Waals surface area contributed by atoms with Crippen LogP contribution in [0.15, 0.2) is 18.2 Å². The molecule has 1 heterocycles. The van der Waals surface area contributed by atoms with E-state index in [0.717, 1.165) is 18.7 Å². The Balaban J connectivity index is 2.26. The molecule has 3 nitrogen and oxygen atoms in total. The lowest BCUT2D eigenvalue weighted by atomic mass is 9.92. The molecule has 1 N–H and O–H groups in total. The topological polar surface area (TPSA) is 45.0 Å². The molecule has 0 saturated carbocycles. The van der Waals surface area contributed by atoms with E-state index in [0.29, 0.717) is 23.1 Å². The van der Waals surface area contributed by atoms with Gasteiger partial charge < -0.3 is 10.1 Å². The zero-order chi connectivity index (χ0) is 13.0. The molecule has 18 heavy (non-hydrogen) atoms. The lowest BCUT2D eigenvalue weighted by Gasteiger charge is -2.23. The predicted octanol–water partition coefficient (Wildman–Crippen LogP) is 2.98. The van der Waals surface area contributed by atoms with Crippen LogP contribution in [-0.4, -0.2) is 25.8 Å². The third-order valence-electron chi connectivity index (χ3n) is 3.09. The van der Waals surface area contributed by atoms with Gasteiger partial charge in [-0.25, -0.2) is 0 Å². The van der Waals surface area contributed by atoms with Gasteiger partial charge in [-0.2, -0.15) is 5.26 Å². The number of nitrogens with zero attached hydrogens (tertiary/aromatic N) is 1. The van der Waals surface area contributed by atoms with E-state index in [1.54, 1.807) is 6.07 Å². The summed E-state index contributed by atoms with van der Waals surface area (Å²) in [5, 5.41) is 13.3. The van der Waals surface area contributed by atoms with Gasteiger partial charge >= 0.3 is 0 Å². The van der Waals surface area contributed by atoms with Crippen LogP contribution >= 0.6 is 23.2 Å². The Bertz CT molecular complexity index is 459. The normalized spacial score (nSPS) is 24.3. The Kier molecular flexibility index (Phi) is 4.85. The lowest BCUT2D eigenvalue weighted by molar-refractivity contribution is 0.0557. The largest absolute Gasteiger partial charge is 0.375 e. The summed E-state index contributed by atoms with van der Waals surface area (Å²) in [6, 6.07) is 7.76. The number of rotatable bonds is 2. The van der Waals surface area contributed by atoms with Crippen LogP contribution in [-0.2, 0) is 4.74 Å². The molecule has 1 aromatic carbocycles. The first kappa shape index (κ1) is 13.6. The fourth-order valence-electron chi connectivity index (χ4n) is 2.15. The maximum Gasteiger partial charge on any atom is 0.0786 e. The second-order valence-corrected chi connectivity index (χ2v) is 5.07. The summed E-state index contributed by atoms with van der Waals surface area (Å²) < 4.78 is 5.72. The predicted molar refractivity (Wildman–Crippen MR) is 72.0 cm³/mol. The zero-order valence-corrected chi connectivity index (χ0v) is 11.3. The van der Waals surface area contributed by atoms with Crippen LogP contribution in [0, 0.1) is 11.3 Å². The van der Waals surface area contributed by atoms with E-state index in [-0.39, 0.29) is 12.0 Å². The molecule has 2 unspecified atom stereocenters. The summed E-state index contributed by atoms with van der Waals surface area (Å²) in [7, 11) is 0. The minimum atomic E-state index is -0.0951. The molecule has 1 saturated heterocycles. The maximum atomic E-state index is 8.88. The van der Waals surface area contributed by atoms with Gasteiger partial charge in [-0.3, -0.25) is 0 Å². The summed E-state index contributed by atoms with van der Waals surface area (Å²) in [5.74, 6) is 0.127. The molecule has 0 bridgehead atoms. The number of ether oxygens (including phenoxy) is 1. The number of benzene rings is 1. The van der Waals surface area contributed by atoms with Gasteiger partial charge in [0.1, 0.15) is 0 Å². The van der Waals surface area contributed by atoms with Gasteiger partial charge in [0.15, 0.2) is 0 Å². The summed E-state index contributed by atoms with van der Waals surface area (Å²) in [4.78, 5) is 0. The number of halogens is 2. The molecule has 96 valence electrons. The molecular weight excluding hydrogens is 271 g/mol. The van der Waals surface area contributed by atoms with Crippen molar-refractivity contribution >= 4 is 23.2 Å². The van der Waals surface area contributed by atoms with Crippen molar-refractivity contribution in [3.8, 4) is 6.07 Å². The molecule has 0 aliphatic carbocycles. The summed E-state index contributed by atoms with van der Waals surface area (Å²) >= 11 is 12.0. The molecule has 1 aliphatic heterocycles. The van der Waals surface area contributed by atoms with Crippen molar-refractivity contribution in [2.24, 2.45) is 0 Å². The van der Waals surface area contributed by atoms with Gasteiger partial charge in [0.2, 0.25) is 0 Å². The summed E-state index contributed by atoms with van der Waals surface area (Å²) in [6.07, 6.45) is 0.286. The van der Waals surface area contributed by atoms with Crippen molar-refractivity contribution in [3.63, 3.8) is 0 Å². The average molecular weight is 285 g/mol. The van der Waals surface area contributed by atoms with E-state index in [1.165, 1.54) is 0 Å². The third kappa shape index (κ3) is 3.15. The third-order valence-corrected chi connectivity index (χ3v) is 3.83. The van der Waals surface area contributed by atoms with Crippen LogP contribution in [0.1, 0.15) is 17.9 Å². The highest BCUT2D eigenvalue weighted by atomic mass is 35.5. The Morgan fingerprint density at radius 3 is 2.94 bits per heavy atom. The highest BCUT2D eigenvalue weighted by Crippen LogP contribution is 2.30. The highest BCUT2D eigenvalue weighted by molar-refractivity contribution is 6.42. The molecule has 2 rings (SSSR count). The minimum absolute atomic E-state index is 0.0951. The Hall–Kier alpha value is -0.790. The van der Waals surface area contributed by atoms with E-state index >= 15 is 0 Å². The first-order valence-corrected chi connectivity index (χ1v) is 6.62. The monoisotopic (exact) mass is 284 g/mol. The standard InChI is InChI=1S/C13H14Cl2N2O/c14-11-2-1-9(7-12(11)15)10-8-17-5-6-18-13(10)3-4-16/h1-2,7,10,13,17H,3,5-6,8H2. The SMILES string of the molecule is N#CCC1OCCNCC1c1ccc(Cl)c(Cl)c1. The first-order valence-electron chi connectivity index (χ1n) is 5.86. The average Bonchev–Trinajstić information content (AvgIpc) is 2.59. The Morgan fingerprint density at radius 1 is 1.39 bits per heavy atom. The van der Waals surface area contributed by atoms with E-state index in [4.69, 9.17) is 33.2 Å². The van der Waals surface area contributed by atoms with Crippen molar-refractivity contribution in [1.29, 1.82) is 5.26 Å². The molecule has 0 radical (unpaired) electrons. The molecule has 1 aromatic rings. The van der Waals surface area contributed by atoms with Crippen molar-refractivity contribution in [2.45, 2.75) is 18.4 Å². The van der Waals surface area contributed by atoms with Gasteiger partial charge in [0.25, 0.3) is 0 Å². The molecule has 2 atom stereocenters.